The SMILES string of the molecule is O=C(Nc1cccc(C(F)(F)F)c1)C1CCN(C(=O)C2Sc3ccccc3NC2=O)CC1. The number of hydrogen-bond acceptors (Lipinski definition) is 4. The molecule has 0 aromatic heterocycles. The van der Waals surface area contributed by atoms with E-state index in [4.69, 9.17) is 0 Å². The molecule has 10 heteroatoms. The number of hydrogen-bond donors (Lipinski definition) is 2. The Hall–Kier alpha value is -3.01. The van der Waals surface area contributed by atoms with Crippen LogP contribution in [0.1, 0.15) is 18.4 Å². The zero-order valence-electron chi connectivity index (χ0n) is 16.8. The van der Waals surface area contributed by atoms with Crippen molar-refractivity contribution in [3.63, 3.8) is 0 Å². The number of para-hydroxylation sites is 1. The minimum absolute atomic E-state index is 0.0808. The van der Waals surface area contributed by atoms with E-state index in [-0.39, 0.29) is 23.4 Å². The van der Waals surface area contributed by atoms with E-state index in [1.807, 2.05) is 12.1 Å². The lowest BCUT2D eigenvalue weighted by Crippen LogP contribution is -2.48. The number of carbonyl (C=O) groups is 3. The quantitative estimate of drug-likeness (QED) is 0.675. The molecule has 2 aliphatic rings. The first kappa shape index (κ1) is 22.2. The van der Waals surface area contributed by atoms with E-state index in [0.29, 0.717) is 31.6 Å². The summed E-state index contributed by atoms with van der Waals surface area (Å²) in [6, 6.07) is 11.7. The molecular formula is C22H20F3N3O3S. The lowest BCUT2D eigenvalue weighted by molar-refractivity contribution is -0.137. The van der Waals surface area contributed by atoms with Crippen molar-refractivity contribution in [2.24, 2.45) is 5.92 Å². The van der Waals surface area contributed by atoms with Crippen LogP contribution in [0.3, 0.4) is 0 Å². The predicted octanol–water partition coefficient (Wildman–Crippen LogP) is 4.00. The highest BCUT2D eigenvalue weighted by Crippen LogP contribution is 2.36. The predicted molar refractivity (Wildman–Crippen MR) is 114 cm³/mol. The van der Waals surface area contributed by atoms with Gasteiger partial charge in [0.15, 0.2) is 5.25 Å². The summed E-state index contributed by atoms with van der Waals surface area (Å²) in [5.41, 5.74) is -0.0747. The summed E-state index contributed by atoms with van der Waals surface area (Å²) in [5.74, 6) is -1.49. The fraction of sp³-hybridized carbons (Fsp3) is 0.318. The van der Waals surface area contributed by atoms with E-state index in [0.717, 1.165) is 17.0 Å². The molecule has 3 amide bonds. The van der Waals surface area contributed by atoms with Crippen molar-refractivity contribution < 1.29 is 27.6 Å². The maximum Gasteiger partial charge on any atom is 0.416 e. The van der Waals surface area contributed by atoms with E-state index >= 15 is 0 Å². The lowest BCUT2D eigenvalue weighted by Gasteiger charge is -2.34. The lowest BCUT2D eigenvalue weighted by atomic mass is 9.95. The molecule has 0 aliphatic carbocycles. The summed E-state index contributed by atoms with van der Waals surface area (Å²) in [4.78, 5) is 40.2. The van der Waals surface area contributed by atoms with Crippen LogP contribution in [0.5, 0.6) is 0 Å². The van der Waals surface area contributed by atoms with E-state index in [2.05, 4.69) is 10.6 Å². The molecule has 1 fully saturated rings. The Kier molecular flexibility index (Phi) is 6.14. The topological polar surface area (TPSA) is 78.5 Å². The van der Waals surface area contributed by atoms with Gasteiger partial charge in [0.05, 0.1) is 11.3 Å². The molecule has 0 radical (unpaired) electrons. The van der Waals surface area contributed by atoms with Crippen molar-refractivity contribution in [3.05, 3.63) is 54.1 Å². The molecule has 0 saturated carbocycles. The van der Waals surface area contributed by atoms with Crippen molar-refractivity contribution in [2.75, 3.05) is 23.7 Å². The summed E-state index contributed by atoms with van der Waals surface area (Å²) < 4.78 is 38.6. The molecule has 2 N–H and O–H groups in total. The van der Waals surface area contributed by atoms with Crippen LogP contribution in [0, 0.1) is 5.92 Å². The molecule has 2 aromatic carbocycles. The molecule has 1 unspecified atom stereocenters. The normalized spacial score (nSPS) is 19.2. The summed E-state index contributed by atoms with van der Waals surface area (Å²) in [6.07, 6.45) is -3.76. The Labute approximate surface area is 186 Å². The van der Waals surface area contributed by atoms with Gasteiger partial charge in [0, 0.05) is 29.6 Å². The Morgan fingerprint density at radius 1 is 1.06 bits per heavy atom. The monoisotopic (exact) mass is 463 g/mol. The number of rotatable bonds is 3. The maximum atomic E-state index is 12.9. The van der Waals surface area contributed by atoms with Crippen LogP contribution in [-0.2, 0) is 20.6 Å². The number of thioether (sulfide) groups is 1. The van der Waals surface area contributed by atoms with Gasteiger partial charge in [-0.3, -0.25) is 14.4 Å². The number of amides is 3. The van der Waals surface area contributed by atoms with Gasteiger partial charge in [0.2, 0.25) is 17.7 Å². The van der Waals surface area contributed by atoms with Gasteiger partial charge >= 0.3 is 6.18 Å². The second kappa shape index (κ2) is 8.85. The molecule has 0 spiro atoms. The van der Waals surface area contributed by atoms with E-state index in [1.54, 1.807) is 17.0 Å². The Morgan fingerprint density at radius 2 is 1.78 bits per heavy atom. The highest BCUT2D eigenvalue weighted by atomic mass is 32.2. The van der Waals surface area contributed by atoms with Gasteiger partial charge < -0.3 is 15.5 Å². The number of likely N-dealkylation sites (tertiary alicyclic amines) is 1. The number of alkyl halides is 3. The van der Waals surface area contributed by atoms with Crippen molar-refractivity contribution in [1.29, 1.82) is 0 Å². The van der Waals surface area contributed by atoms with Crippen molar-refractivity contribution >= 4 is 40.9 Å². The van der Waals surface area contributed by atoms with Gasteiger partial charge in [-0.15, -0.1) is 11.8 Å². The van der Waals surface area contributed by atoms with E-state index in [1.165, 1.54) is 23.9 Å². The van der Waals surface area contributed by atoms with Gasteiger partial charge in [-0.1, -0.05) is 18.2 Å². The van der Waals surface area contributed by atoms with Gasteiger partial charge in [0.25, 0.3) is 0 Å². The first-order chi connectivity index (χ1) is 15.2. The molecule has 2 aliphatic heterocycles. The zero-order valence-corrected chi connectivity index (χ0v) is 17.6. The first-order valence-electron chi connectivity index (χ1n) is 10.1. The smallest absolute Gasteiger partial charge is 0.341 e. The van der Waals surface area contributed by atoms with Crippen molar-refractivity contribution in [3.8, 4) is 0 Å². The maximum absolute atomic E-state index is 12.9. The summed E-state index contributed by atoms with van der Waals surface area (Å²) in [5, 5.41) is 4.40. The second-order valence-electron chi connectivity index (χ2n) is 7.65. The van der Waals surface area contributed by atoms with Crippen LogP contribution < -0.4 is 10.6 Å². The van der Waals surface area contributed by atoms with E-state index < -0.39 is 22.9 Å². The number of nitrogens with zero attached hydrogens (tertiary/aromatic N) is 1. The van der Waals surface area contributed by atoms with Crippen LogP contribution in [0.15, 0.2) is 53.4 Å². The van der Waals surface area contributed by atoms with Crippen LogP contribution in [0.25, 0.3) is 0 Å². The number of nitrogens with one attached hydrogen (secondary N) is 2. The molecule has 6 nitrogen and oxygen atoms in total. The third-order valence-corrected chi connectivity index (χ3v) is 6.75. The number of piperidine rings is 1. The number of fused-ring (bicyclic) bond motifs is 1. The number of anilines is 2. The number of carbonyl (C=O) groups excluding carboxylic acids is 3. The molecule has 168 valence electrons. The average Bonchev–Trinajstić information content (AvgIpc) is 2.78. The molecule has 1 saturated heterocycles. The van der Waals surface area contributed by atoms with Gasteiger partial charge in [-0.2, -0.15) is 13.2 Å². The molecule has 2 aromatic rings. The van der Waals surface area contributed by atoms with Crippen LogP contribution in [-0.4, -0.2) is 41.0 Å². The number of halogens is 3. The fourth-order valence-electron chi connectivity index (χ4n) is 3.76. The largest absolute Gasteiger partial charge is 0.416 e. The van der Waals surface area contributed by atoms with Crippen LogP contribution >= 0.6 is 11.8 Å². The van der Waals surface area contributed by atoms with Crippen molar-refractivity contribution in [1.82, 2.24) is 4.90 Å². The van der Waals surface area contributed by atoms with Gasteiger partial charge in [0.1, 0.15) is 0 Å². The average molecular weight is 463 g/mol. The molecular weight excluding hydrogens is 443 g/mol. The summed E-state index contributed by atoms with van der Waals surface area (Å²) in [6.45, 7) is 0.594. The standard InChI is InChI=1S/C22H20F3N3O3S/c23-22(24,25)14-4-3-5-15(12-14)26-19(29)13-8-10-28(11-9-13)21(31)18-20(30)27-16-6-1-2-7-17(16)32-18/h1-7,12-13,18H,8-11H2,(H,26,29)(H,27,30). The highest BCUT2D eigenvalue weighted by Gasteiger charge is 2.38. The van der Waals surface area contributed by atoms with Gasteiger partial charge in [-0.05, 0) is 43.2 Å². The Bertz CT molecular complexity index is 1050. The molecule has 2 heterocycles. The summed E-state index contributed by atoms with van der Waals surface area (Å²) in [7, 11) is 0. The minimum Gasteiger partial charge on any atom is -0.341 e. The molecule has 32 heavy (non-hydrogen) atoms. The Morgan fingerprint density at radius 3 is 2.50 bits per heavy atom. The zero-order chi connectivity index (χ0) is 22.9. The first-order valence-corrected chi connectivity index (χ1v) is 10.9. The fourth-order valence-corrected chi connectivity index (χ4v) is 4.83. The van der Waals surface area contributed by atoms with Crippen LogP contribution in [0.4, 0.5) is 24.5 Å². The van der Waals surface area contributed by atoms with E-state index in [9.17, 15) is 27.6 Å². The molecule has 0 bridgehead atoms. The molecule has 4 rings (SSSR count). The third-order valence-electron chi connectivity index (χ3n) is 5.49. The summed E-state index contributed by atoms with van der Waals surface area (Å²) >= 11 is 1.20. The van der Waals surface area contributed by atoms with Gasteiger partial charge in [-0.25, -0.2) is 0 Å². The minimum atomic E-state index is -4.49. The third kappa shape index (κ3) is 4.74. The molecule has 1 atom stereocenters. The van der Waals surface area contributed by atoms with Crippen LogP contribution in [0.2, 0.25) is 0 Å². The Balaban J connectivity index is 1.34. The second-order valence-corrected chi connectivity index (χ2v) is 8.80. The highest BCUT2D eigenvalue weighted by molar-refractivity contribution is 8.01. The number of benzene rings is 2. The van der Waals surface area contributed by atoms with Crippen molar-refractivity contribution in [2.45, 2.75) is 29.2 Å².